The molecule has 6 nitrogen and oxygen atoms in total. The molecule has 2 N–H and O–H groups in total. The van der Waals surface area contributed by atoms with E-state index in [9.17, 15) is 13.2 Å². The zero-order valence-corrected chi connectivity index (χ0v) is 17.3. The first-order chi connectivity index (χ1) is 14.7. The maximum atomic E-state index is 12.2. The van der Waals surface area contributed by atoms with Crippen LogP contribution in [0, 0.1) is 0 Å². The van der Waals surface area contributed by atoms with Gasteiger partial charge in [-0.1, -0.05) is 38.1 Å². The van der Waals surface area contributed by atoms with Crippen molar-refractivity contribution in [2.24, 2.45) is 10.7 Å². The smallest absolute Gasteiger partial charge is 0.422 e. The second kappa shape index (κ2) is 9.63. The Balaban J connectivity index is 1.56. The highest BCUT2D eigenvalue weighted by Gasteiger charge is 2.28. The minimum Gasteiger partial charge on any atom is -0.483 e. The first-order valence-corrected chi connectivity index (χ1v) is 9.78. The molecule has 9 heteroatoms. The van der Waals surface area contributed by atoms with Crippen molar-refractivity contribution in [2.45, 2.75) is 38.9 Å². The van der Waals surface area contributed by atoms with E-state index < -0.39 is 12.8 Å². The monoisotopic (exact) mass is 431 g/mol. The molecule has 0 amide bonds. The van der Waals surface area contributed by atoms with Crippen LogP contribution in [-0.4, -0.2) is 33.4 Å². The number of aromatic nitrogens is 3. The number of alkyl halides is 3. The summed E-state index contributed by atoms with van der Waals surface area (Å²) in [5.41, 5.74) is 9.03. The number of rotatable bonds is 8. The summed E-state index contributed by atoms with van der Waals surface area (Å²) in [4.78, 5) is 8.46. The maximum absolute atomic E-state index is 12.2. The van der Waals surface area contributed by atoms with Gasteiger partial charge in [-0.3, -0.25) is 9.67 Å². The highest BCUT2D eigenvalue weighted by atomic mass is 19.4. The van der Waals surface area contributed by atoms with Crippen LogP contribution in [0.2, 0.25) is 0 Å². The summed E-state index contributed by atoms with van der Waals surface area (Å²) in [5.74, 6) is 1.46. The number of ether oxygens (including phenoxy) is 1. The van der Waals surface area contributed by atoms with Crippen LogP contribution in [-0.2, 0) is 13.0 Å². The number of hydrogen-bond acceptors (Lipinski definition) is 4. The van der Waals surface area contributed by atoms with Crippen LogP contribution >= 0.6 is 0 Å². The molecule has 31 heavy (non-hydrogen) atoms. The van der Waals surface area contributed by atoms with E-state index in [4.69, 9.17) is 5.73 Å². The highest BCUT2D eigenvalue weighted by molar-refractivity contribution is 5.84. The van der Waals surface area contributed by atoms with Gasteiger partial charge < -0.3 is 10.5 Å². The fourth-order valence-corrected chi connectivity index (χ4v) is 2.84. The summed E-state index contributed by atoms with van der Waals surface area (Å²) in [6.07, 6.45) is -0.873. The summed E-state index contributed by atoms with van der Waals surface area (Å²) >= 11 is 0. The summed E-state index contributed by atoms with van der Waals surface area (Å²) in [6.45, 7) is 3.28. The normalized spacial score (nSPS) is 12.4. The van der Waals surface area contributed by atoms with Crippen LogP contribution < -0.4 is 10.5 Å². The van der Waals surface area contributed by atoms with Crippen molar-refractivity contribution in [2.75, 3.05) is 6.61 Å². The Morgan fingerprint density at radius 3 is 2.48 bits per heavy atom. The number of aliphatic imine (C=N–C) groups is 1. The minimum absolute atomic E-state index is 0.0565. The molecule has 2 aromatic heterocycles. The van der Waals surface area contributed by atoms with E-state index in [-0.39, 0.29) is 5.75 Å². The summed E-state index contributed by atoms with van der Waals surface area (Å²) in [6, 6.07) is 13.0. The lowest BCUT2D eigenvalue weighted by molar-refractivity contribution is -0.153. The molecular weight excluding hydrogens is 407 g/mol. The molecule has 0 bridgehead atoms. The van der Waals surface area contributed by atoms with Gasteiger partial charge in [0.05, 0.1) is 18.4 Å². The van der Waals surface area contributed by atoms with Gasteiger partial charge in [0.2, 0.25) is 0 Å². The second-order valence-electron chi connectivity index (χ2n) is 7.44. The van der Waals surface area contributed by atoms with Crippen molar-refractivity contribution in [3.63, 3.8) is 0 Å². The summed E-state index contributed by atoms with van der Waals surface area (Å²) < 4.78 is 42.8. The number of nitrogens with zero attached hydrogens (tertiary/aromatic N) is 4. The fraction of sp³-hybridized carbons (Fsp3) is 0.318. The molecule has 3 rings (SSSR count). The number of hydrogen-bond donors (Lipinski definition) is 1. The van der Waals surface area contributed by atoms with Gasteiger partial charge in [0.15, 0.2) is 12.4 Å². The maximum Gasteiger partial charge on any atom is 0.422 e. The van der Waals surface area contributed by atoms with Crippen molar-refractivity contribution in [1.29, 1.82) is 0 Å². The number of benzene rings is 1. The molecule has 0 unspecified atom stereocenters. The van der Waals surface area contributed by atoms with Crippen LogP contribution in [0.1, 0.15) is 36.6 Å². The van der Waals surface area contributed by atoms with E-state index in [1.807, 2.05) is 12.1 Å². The van der Waals surface area contributed by atoms with E-state index in [1.54, 1.807) is 23.0 Å². The van der Waals surface area contributed by atoms with Gasteiger partial charge >= 0.3 is 6.18 Å². The zero-order chi connectivity index (χ0) is 22.4. The van der Waals surface area contributed by atoms with Crippen LogP contribution in [0.3, 0.4) is 0 Å². The third kappa shape index (κ3) is 7.13. The SMILES string of the molecule is CC(C)c1ccc(CC(N)=Nc2ccn(Cc3ccc(OCC(F)(F)F)cn3)n2)cc1. The third-order valence-electron chi connectivity index (χ3n) is 4.44. The Morgan fingerprint density at radius 1 is 1.13 bits per heavy atom. The average Bonchev–Trinajstić information content (AvgIpc) is 3.13. The average molecular weight is 431 g/mol. The van der Waals surface area contributed by atoms with Crippen LogP contribution in [0.4, 0.5) is 19.0 Å². The Morgan fingerprint density at radius 2 is 1.87 bits per heavy atom. The third-order valence-corrected chi connectivity index (χ3v) is 4.44. The molecule has 0 aliphatic rings. The van der Waals surface area contributed by atoms with Crippen molar-refractivity contribution >= 4 is 11.7 Å². The van der Waals surface area contributed by atoms with Gasteiger partial charge in [-0.25, -0.2) is 4.99 Å². The Hall–Kier alpha value is -3.36. The lowest BCUT2D eigenvalue weighted by atomic mass is 10.0. The van der Waals surface area contributed by atoms with E-state index in [2.05, 4.69) is 45.8 Å². The molecule has 0 spiro atoms. The van der Waals surface area contributed by atoms with Crippen molar-refractivity contribution in [3.05, 3.63) is 71.7 Å². The molecule has 0 aliphatic carbocycles. The van der Waals surface area contributed by atoms with Gasteiger partial charge in [0.1, 0.15) is 11.6 Å². The standard InChI is InChI=1S/C22H24F3N5O/c1-15(2)17-5-3-16(4-6-17)11-20(26)28-21-9-10-30(29-21)13-18-7-8-19(12-27-18)31-14-22(23,24)25/h3-10,12,15H,11,13-14H2,1-2H3,(H2,26,28,29). The predicted octanol–water partition coefficient (Wildman–Crippen LogP) is 4.62. The van der Waals surface area contributed by atoms with Crippen LogP contribution in [0.5, 0.6) is 5.75 Å². The zero-order valence-electron chi connectivity index (χ0n) is 17.3. The minimum atomic E-state index is -4.38. The summed E-state index contributed by atoms with van der Waals surface area (Å²) in [5, 5.41) is 4.34. The van der Waals surface area contributed by atoms with Crippen molar-refractivity contribution in [3.8, 4) is 5.75 Å². The van der Waals surface area contributed by atoms with E-state index in [0.717, 1.165) is 5.56 Å². The van der Waals surface area contributed by atoms with E-state index >= 15 is 0 Å². The molecule has 0 radical (unpaired) electrons. The Labute approximate surface area is 178 Å². The Kier molecular flexibility index (Phi) is 6.94. The fourth-order valence-electron chi connectivity index (χ4n) is 2.84. The van der Waals surface area contributed by atoms with Crippen LogP contribution in [0.15, 0.2) is 59.9 Å². The molecule has 1 aromatic carbocycles. The number of halogens is 3. The van der Waals surface area contributed by atoms with Crippen molar-refractivity contribution in [1.82, 2.24) is 14.8 Å². The molecule has 164 valence electrons. The van der Waals surface area contributed by atoms with Gasteiger partial charge in [0.25, 0.3) is 0 Å². The second-order valence-corrected chi connectivity index (χ2v) is 7.44. The quantitative estimate of drug-likeness (QED) is 0.417. The topological polar surface area (TPSA) is 78.3 Å². The number of pyridine rings is 1. The largest absolute Gasteiger partial charge is 0.483 e. The lowest BCUT2D eigenvalue weighted by Gasteiger charge is -2.09. The molecule has 0 aliphatic heterocycles. The van der Waals surface area contributed by atoms with Crippen molar-refractivity contribution < 1.29 is 17.9 Å². The molecular formula is C22H24F3N5O. The number of amidine groups is 1. The van der Waals surface area contributed by atoms with Gasteiger partial charge in [0, 0.05) is 18.7 Å². The summed E-state index contributed by atoms with van der Waals surface area (Å²) in [7, 11) is 0. The predicted molar refractivity (Wildman–Crippen MR) is 113 cm³/mol. The molecule has 3 aromatic rings. The molecule has 0 saturated heterocycles. The lowest BCUT2D eigenvalue weighted by Crippen LogP contribution is -2.19. The molecule has 0 atom stereocenters. The van der Waals surface area contributed by atoms with E-state index in [0.29, 0.717) is 36.2 Å². The van der Waals surface area contributed by atoms with Gasteiger partial charge in [-0.05, 0) is 29.2 Å². The van der Waals surface area contributed by atoms with Gasteiger partial charge in [-0.15, -0.1) is 0 Å². The molecule has 0 fully saturated rings. The first-order valence-electron chi connectivity index (χ1n) is 9.78. The molecule has 0 saturated carbocycles. The Bertz CT molecular complexity index is 1010. The van der Waals surface area contributed by atoms with Gasteiger partial charge in [-0.2, -0.15) is 18.3 Å². The van der Waals surface area contributed by atoms with Crippen LogP contribution in [0.25, 0.3) is 0 Å². The molecule has 2 heterocycles. The van der Waals surface area contributed by atoms with E-state index in [1.165, 1.54) is 17.8 Å². The first kappa shape index (κ1) is 22.3. The highest BCUT2D eigenvalue weighted by Crippen LogP contribution is 2.18. The number of nitrogens with two attached hydrogens (primary N) is 1.